The molecular weight excluding hydrogens is 320 g/mol. The van der Waals surface area contributed by atoms with E-state index in [1.807, 2.05) is 24.3 Å². The molecule has 3 rings (SSSR count). The maximum absolute atomic E-state index is 5.52. The van der Waals surface area contributed by atoms with E-state index in [9.17, 15) is 0 Å². The fraction of sp³-hybridized carbons (Fsp3) is 0.0833. The Balaban J connectivity index is 1.71. The predicted octanol–water partition coefficient (Wildman–Crippen LogP) is 6.15. The molecule has 0 aliphatic heterocycles. The van der Waals surface area contributed by atoms with Crippen LogP contribution in [0.2, 0.25) is 0 Å². The fourth-order valence-corrected chi connectivity index (χ4v) is 2.65. The van der Waals surface area contributed by atoms with E-state index in [4.69, 9.17) is 9.47 Å². The molecule has 3 aromatic carbocycles. The maximum Gasteiger partial charge on any atom is 0.119 e. The topological polar surface area (TPSA) is 18.5 Å². The average molecular weight is 342 g/mol. The fourth-order valence-electron chi connectivity index (χ4n) is 2.65. The van der Waals surface area contributed by atoms with E-state index in [1.165, 1.54) is 11.1 Å². The van der Waals surface area contributed by atoms with Crippen molar-refractivity contribution >= 4 is 0 Å². The largest absolute Gasteiger partial charge is 0.490 e. The average Bonchev–Trinajstić information content (AvgIpc) is 2.72. The Morgan fingerprint density at radius 3 is 1.04 bits per heavy atom. The lowest BCUT2D eigenvalue weighted by atomic mass is 10.0. The quantitative estimate of drug-likeness (QED) is 0.457. The molecule has 130 valence electrons. The minimum Gasteiger partial charge on any atom is -0.490 e. The standard InChI is InChI=1S/C24H22O2/c1-3-17-25-23-13-9-21(10-14-23)19-5-7-20(8-6-19)22-11-15-24(16-12-22)26-18-4-2/h3-16H,1-2,17-18H2. The van der Waals surface area contributed by atoms with Gasteiger partial charge in [-0.1, -0.05) is 73.8 Å². The van der Waals surface area contributed by atoms with Crippen molar-refractivity contribution in [3.8, 4) is 33.8 Å². The summed E-state index contributed by atoms with van der Waals surface area (Å²) in [5, 5.41) is 0. The highest BCUT2D eigenvalue weighted by Crippen LogP contribution is 2.27. The summed E-state index contributed by atoms with van der Waals surface area (Å²) in [6.07, 6.45) is 3.48. The molecule has 0 spiro atoms. The van der Waals surface area contributed by atoms with Crippen LogP contribution in [0.5, 0.6) is 11.5 Å². The van der Waals surface area contributed by atoms with Crippen molar-refractivity contribution in [2.75, 3.05) is 13.2 Å². The first-order chi connectivity index (χ1) is 12.8. The number of benzene rings is 3. The molecule has 0 saturated carbocycles. The zero-order valence-electron chi connectivity index (χ0n) is 14.7. The first-order valence-corrected chi connectivity index (χ1v) is 8.58. The second kappa shape index (κ2) is 8.72. The zero-order chi connectivity index (χ0) is 18.2. The van der Waals surface area contributed by atoms with Gasteiger partial charge >= 0.3 is 0 Å². The van der Waals surface area contributed by atoms with E-state index in [0.29, 0.717) is 13.2 Å². The second-order valence-electron chi connectivity index (χ2n) is 5.83. The summed E-state index contributed by atoms with van der Waals surface area (Å²) in [7, 11) is 0. The maximum atomic E-state index is 5.52. The lowest BCUT2D eigenvalue weighted by Crippen LogP contribution is -1.92. The lowest BCUT2D eigenvalue weighted by Gasteiger charge is -2.08. The summed E-state index contributed by atoms with van der Waals surface area (Å²) >= 11 is 0. The highest BCUT2D eigenvalue weighted by atomic mass is 16.5. The highest BCUT2D eigenvalue weighted by molar-refractivity contribution is 5.71. The number of hydrogen-bond acceptors (Lipinski definition) is 2. The summed E-state index contributed by atoms with van der Waals surface area (Å²) in [5.74, 6) is 1.70. The van der Waals surface area contributed by atoms with Gasteiger partial charge in [0.25, 0.3) is 0 Å². The highest BCUT2D eigenvalue weighted by Gasteiger charge is 2.02. The van der Waals surface area contributed by atoms with Crippen molar-refractivity contribution in [3.63, 3.8) is 0 Å². The predicted molar refractivity (Wildman–Crippen MR) is 109 cm³/mol. The van der Waals surface area contributed by atoms with E-state index in [-0.39, 0.29) is 0 Å². The third-order valence-corrected chi connectivity index (χ3v) is 4.00. The van der Waals surface area contributed by atoms with Gasteiger partial charge in [0.05, 0.1) is 0 Å². The molecule has 0 atom stereocenters. The zero-order valence-corrected chi connectivity index (χ0v) is 14.7. The van der Waals surface area contributed by atoms with Crippen molar-refractivity contribution in [1.29, 1.82) is 0 Å². The van der Waals surface area contributed by atoms with Crippen LogP contribution in [-0.2, 0) is 0 Å². The van der Waals surface area contributed by atoms with E-state index in [0.717, 1.165) is 22.6 Å². The molecule has 0 saturated heterocycles. The summed E-state index contributed by atoms with van der Waals surface area (Å²) < 4.78 is 11.0. The number of ether oxygens (including phenoxy) is 2. The van der Waals surface area contributed by atoms with Gasteiger partial charge in [-0.3, -0.25) is 0 Å². The van der Waals surface area contributed by atoms with Gasteiger partial charge in [0.1, 0.15) is 24.7 Å². The third kappa shape index (κ3) is 4.42. The van der Waals surface area contributed by atoms with E-state index in [2.05, 4.69) is 61.7 Å². The summed E-state index contributed by atoms with van der Waals surface area (Å²) in [6.45, 7) is 8.35. The van der Waals surface area contributed by atoms with Gasteiger partial charge < -0.3 is 9.47 Å². The molecule has 0 bridgehead atoms. The van der Waals surface area contributed by atoms with Crippen molar-refractivity contribution < 1.29 is 9.47 Å². The van der Waals surface area contributed by atoms with E-state index in [1.54, 1.807) is 12.2 Å². The van der Waals surface area contributed by atoms with Crippen LogP contribution >= 0.6 is 0 Å². The Hall–Kier alpha value is -3.26. The number of hydrogen-bond donors (Lipinski definition) is 0. The molecule has 0 amide bonds. The minimum atomic E-state index is 0.519. The van der Waals surface area contributed by atoms with E-state index >= 15 is 0 Å². The molecule has 2 heteroatoms. The van der Waals surface area contributed by atoms with Crippen LogP contribution < -0.4 is 9.47 Å². The van der Waals surface area contributed by atoms with Crippen LogP contribution in [0.4, 0.5) is 0 Å². The lowest BCUT2D eigenvalue weighted by molar-refractivity contribution is 0.363. The minimum absolute atomic E-state index is 0.519. The molecular formula is C24H22O2. The normalized spacial score (nSPS) is 10.2. The van der Waals surface area contributed by atoms with Gasteiger partial charge in [0, 0.05) is 0 Å². The molecule has 0 radical (unpaired) electrons. The molecule has 0 aromatic heterocycles. The van der Waals surface area contributed by atoms with Gasteiger partial charge in [0.15, 0.2) is 0 Å². The van der Waals surface area contributed by atoms with Gasteiger partial charge in [-0.15, -0.1) is 0 Å². The Morgan fingerprint density at radius 2 is 0.769 bits per heavy atom. The first kappa shape index (κ1) is 17.6. The van der Waals surface area contributed by atoms with Gasteiger partial charge in [-0.05, 0) is 46.5 Å². The van der Waals surface area contributed by atoms with Crippen molar-refractivity contribution in [2.45, 2.75) is 0 Å². The van der Waals surface area contributed by atoms with Crippen LogP contribution in [0, 0.1) is 0 Å². The van der Waals surface area contributed by atoms with Gasteiger partial charge in [0.2, 0.25) is 0 Å². The molecule has 26 heavy (non-hydrogen) atoms. The van der Waals surface area contributed by atoms with Crippen molar-refractivity contribution in [1.82, 2.24) is 0 Å². The van der Waals surface area contributed by atoms with Crippen LogP contribution in [0.3, 0.4) is 0 Å². The smallest absolute Gasteiger partial charge is 0.119 e. The third-order valence-electron chi connectivity index (χ3n) is 4.00. The molecule has 0 aliphatic rings. The molecule has 0 heterocycles. The second-order valence-corrected chi connectivity index (χ2v) is 5.83. The first-order valence-electron chi connectivity index (χ1n) is 8.58. The van der Waals surface area contributed by atoms with Crippen molar-refractivity contribution in [3.05, 3.63) is 98.1 Å². The van der Waals surface area contributed by atoms with Gasteiger partial charge in [-0.2, -0.15) is 0 Å². The van der Waals surface area contributed by atoms with Crippen LogP contribution in [0.1, 0.15) is 0 Å². The van der Waals surface area contributed by atoms with Crippen LogP contribution in [0.15, 0.2) is 98.1 Å². The molecule has 3 aromatic rings. The molecule has 2 nitrogen and oxygen atoms in total. The van der Waals surface area contributed by atoms with Crippen molar-refractivity contribution in [2.24, 2.45) is 0 Å². The molecule has 0 fully saturated rings. The number of rotatable bonds is 8. The summed E-state index contributed by atoms with van der Waals surface area (Å²) in [6, 6.07) is 24.7. The Morgan fingerprint density at radius 1 is 0.500 bits per heavy atom. The Labute approximate surface area is 155 Å². The van der Waals surface area contributed by atoms with E-state index < -0.39 is 0 Å². The van der Waals surface area contributed by atoms with Crippen LogP contribution in [-0.4, -0.2) is 13.2 Å². The van der Waals surface area contributed by atoms with Crippen LogP contribution in [0.25, 0.3) is 22.3 Å². The Kier molecular flexibility index (Phi) is 5.89. The SMILES string of the molecule is C=CCOc1ccc(-c2ccc(-c3ccc(OCC=C)cc3)cc2)cc1. The molecule has 0 aliphatic carbocycles. The Bertz CT molecular complexity index is 770. The van der Waals surface area contributed by atoms with Gasteiger partial charge in [-0.25, -0.2) is 0 Å². The molecule has 0 N–H and O–H groups in total. The summed E-state index contributed by atoms with van der Waals surface area (Å²) in [5.41, 5.74) is 4.68. The summed E-state index contributed by atoms with van der Waals surface area (Å²) in [4.78, 5) is 0. The molecule has 0 unspecified atom stereocenters. The monoisotopic (exact) mass is 342 g/mol.